The van der Waals surface area contributed by atoms with E-state index in [0.717, 1.165) is 18.4 Å². The van der Waals surface area contributed by atoms with Crippen LogP contribution in [-0.2, 0) is 9.53 Å². The monoisotopic (exact) mass is 344 g/mol. The van der Waals surface area contributed by atoms with Crippen LogP contribution in [-0.4, -0.2) is 44.3 Å². The van der Waals surface area contributed by atoms with Crippen molar-refractivity contribution < 1.29 is 19.0 Å². The Bertz CT molecular complexity index is 664. The first-order valence-corrected chi connectivity index (χ1v) is 8.73. The maximum atomic E-state index is 12.1. The van der Waals surface area contributed by atoms with Gasteiger partial charge in [-0.1, -0.05) is 6.07 Å². The second-order valence-electron chi connectivity index (χ2n) is 6.68. The fourth-order valence-corrected chi connectivity index (χ4v) is 3.82. The highest BCUT2D eigenvalue weighted by Crippen LogP contribution is 2.39. The first kappa shape index (κ1) is 17.4. The van der Waals surface area contributed by atoms with Crippen LogP contribution in [0.1, 0.15) is 37.2 Å². The van der Waals surface area contributed by atoms with Gasteiger partial charge in [-0.05, 0) is 43.4 Å². The highest BCUT2D eigenvalue weighted by molar-refractivity contribution is 5.74. The number of methoxy groups -OCH3 is 2. The molecule has 1 saturated heterocycles. The number of hydrogen-bond donors (Lipinski definition) is 0. The minimum atomic E-state index is -0.350. The molecule has 2 aliphatic rings. The molecule has 0 aromatic heterocycles. The van der Waals surface area contributed by atoms with Gasteiger partial charge < -0.3 is 19.1 Å². The van der Waals surface area contributed by atoms with E-state index in [2.05, 4.69) is 6.19 Å². The van der Waals surface area contributed by atoms with Crippen molar-refractivity contribution in [1.29, 1.82) is 5.26 Å². The van der Waals surface area contributed by atoms with Gasteiger partial charge in [0.05, 0.1) is 26.2 Å². The number of hydrogen-bond acceptors (Lipinski definition) is 6. The van der Waals surface area contributed by atoms with E-state index in [-0.39, 0.29) is 23.9 Å². The molecular formula is C19H24N2O4. The lowest BCUT2D eigenvalue weighted by Gasteiger charge is -2.20. The van der Waals surface area contributed by atoms with Crippen LogP contribution in [0.2, 0.25) is 0 Å². The molecule has 6 nitrogen and oxygen atoms in total. The van der Waals surface area contributed by atoms with Crippen LogP contribution in [0.25, 0.3) is 0 Å². The number of carbonyl (C=O) groups excluding carboxylic acids is 1. The number of rotatable bonds is 5. The van der Waals surface area contributed by atoms with Gasteiger partial charge in [-0.3, -0.25) is 4.79 Å². The van der Waals surface area contributed by atoms with Crippen LogP contribution in [0.15, 0.2) is 18.2 Å². The van der Waals surface area contributed by atoms with Crippen molar-refractivity contribution in [2.75, 3.05) is 27.3 Å². The van der Waals surface area contributed by atoms with Crippen molar-refractivity contribution in [2.24, 2.45) is 5.92 Å². The summed E-state index contributed by atoms with van der Waals surface area (Å²) in [4.78, 5) is 13.7. The molecular weight excluding hydrogens is 320 g/mol. The SMILES string of the molecule is COC(=O)[C@@H]1CN(C#N)C[C@H]1c1ccc(OC)c(OC2CCCC2)c1. The molecule has 0 bridgehead atoms. The van der Waals surface area contributed by atoms with E-state index in [0.29, 0.717) is 24.6 Å². The average Bonchev–Trinajstić information content (AvgIpc) is 3.30. The lowest BCUT2D eigenvalue weighted by molar-refractivity contribution is -0.145. The van der Waals surface area contributed by atoms with E-state index >= 15 is 0 Å². The van der Waals surface area contributed by atoms with Gasteiger partial charge in [0, 0.05) is 19.0 Å². The topological polar surface area (TPSA) is 71.8 Å². The van der Waals surface area contributed by atoms with E-state index in [1.54, 1.807) is 12.0 Å². The summed E-state index contributed by atoms with van der Waals surface area (Å²) in [7, 11) is 3.01. The molecule has 1 aliphatic carbocycles. The molecule has 0 unspecified atom stereocenters. The van der Waals surface area contributed by atoms with Crippen LogP contribution in [0.3, 0.4) is 0 Å². The van der Waals surface area contributed by atoms with E-state index in [9.17, 15) is 10.1 Å². The molecule has 0 amide bonds. The van der Waals surface area contributed by atoms with Gasteiger partial charge in [-0.25, -0.2) is 0 Å². The molecule has 1 heterocycles. The summed E-state index contributed by atoms with van der Waals surface area (Å²) in [6.07, 6.45) is 6.86. The Balaban J connectivity index is 1.87. The minimum absolute atomic E-state index is 0.0936. The van der Waals surface area contributed by atoms with Crippen molar-refractivity contribution in [2.45, 2.75) is 37.7 Å². The Labute approximate surface area is 148 Å². The zero-order chi connectivity index (χ0) is 17.8. The molecule has 1 aromatic rings. The Hall–Kier alpha value is -2.42. The predicted octanol–water partition coefficient (Wildman–Crippen LogP) is 2.69. The Kier molecular flexibility index (Phi) is 5.32. The van der Waals surface area contributed by atoms with Crippen LogP contribution in [0.5, 0.6) is 11.5 Å². The quantitative estimate of drug-likeness (QED) is 0.604. The summed E-state index contributed by atoms with van der Waals surface area (Å²) in [5.41, 5.74) is 0.974. The molecule has 1 aromatic carbocycles. The second kappa shape index (κ2) is 7.64. The number of carbonyl (C=O) groups is 1. The summed E-state index contributed by atoms with van der Waals surface area (Å²) in [5, 5.41) is 9.21. The van der Waals surface area contributed by atoms with Crippen LogP contribution < -0.4 is 9.47 Å². The van der Waals surface area contributed by atoms with Crippen LogP contribution >= 0.6 is 0 Å². The number of nitrogens with zero attached hydrogens (tertiary/aromatic N) is 2. The molecule has 0 spiro atoms. The van der Waals surface area contributed by atoms with E-state index in [1.165, 1.54) is 20.0 Å². The zero-order valence-electron chi connectivity index (χ0n) is 14.7. The third-order valence-electron chi connectivity index (χ3n) is 5.18. The van der Waals surface area contributed by atoms with Gasteiger partial charge in [-0.15, -0.1) is 0 Å². The van der Waals surface area contributed by atoms with Crippen LogP contribution in [0.4, 0.5) is 0 Å². The van der Waals surface area contributed by atoms with E-state index in [1.807, 2.05) is 18.2 Å². The number of esters is 1. The van der Waals surface area contributed by atoms with Crippen LogP contribution in [0, 0.1) is 17.4 Å². The Morgan fingerprint density at radius 2 is 1.96 bits per heavy atom. The highest BCUT2D eigenvalue weighted by atomic mass is 16.5. The molecule has 1 aliphatic heterocycles. The summed E-state index contributed by atoms with van der Waals surface area (Å²) in [5.74, 6) is 0.685. The van der Waals surface area contributed by atoms with Crippen molar-refractivity contribution in [3.05, 3.63) is 23.8 Å². The predicted molar refractivity (Wildman–Crippen MR) is 91.3 cm³/mol. The first-order chi connectivity index (χ1) is 12.2. The molecule has 0 N–H and O–H groups in total. The summed E-state index contributed by atoms with van der Waals surface area (Å²) in [6.45, 7) is 0.893. The molecule has 1 saturated carbocycles. The second-order valence-corrected chi connectivity index (χ2v) is 6.68. The third kappa shape index (κ3) is 3.65. The lowest BCUT2D eigenvalue weighted by Crippen LogP contribution is -2.23. The summed E-state index contributed by atoms with van der Waals surface area (Å²) >= 11 is 0. The smallest absolute Gasteiger partial charge is 0.311 e. The van der Waals surface area contributed by atoms with Gasteiger partial charge >= 0.3 is 5.97 Å². The largest absolute Gasteiger partial charge is 0.493 e. The third-order valence-corrected chi connectivity index (χ3v) is 5.18. The van der Waals surface area contributed by atoms with Gasteiger partial charge in [0.2, 0.25) is 0 Å². The maximum absolute atomic E-state index is 12.1. The molecule has 2 atom stereocenters. The normalized spacial score (nSPS) is 23.3. The standard InChI is InChI=1S/C19H24N2O4/c1-23-17-8-7-13(9-18(17)25-14-5-3-4-6-14)15-10-21(12-20)11-16(15)19(22)24-2/h7-9,14-16H,3-6,10-11H2,1-2H3/t15-,16+/m0/s1. The number of ether oxygens (including phenoxy) is 3. The lowest BCUT2D eigenvalue weighted by atomic mass is 9.89. The Morgan fingerprint density at radius 1 is 1.20 bits per heavy atom. The molecule has 25 heavy (non-hydrogen) atoms. The zero-order valence-corrected chi connectivity index (χ0v) is 14.7. The Morgan fingerprint density at radius 3 is 2.60 bits per heavy atom. The molecule has 2 fully saturated rings. The highest BCUT2D eigenvalue weighted by Gasteiger charge is 2.39. The fraction of sp³-hybridized carbons (Fsp3) is 0.579. The van der Waals surface area contributed by atoms with Gasteiger partial charge in [0.1, 0.15) is 0 Å². The summed E-state index contributed by atoms with van der Waals surface area (Å²) in [6, 6.07) is 5.78. The molecule has 6 heteroatoms. The first-order valence-electron chi connectivity index (χ1n) is 8.73. The van der Waals surface area contributed by atoms with Crippen molar-refractivity contribution in [3.63, 3.8) is 0 Å². The number of benzene rings is 1. The molecule has 134 valence electrons. The molecule has 3 rings (SSSR count). The summed E-state index contributed by atoms with van der Waals surface area (Å²) < 4.78 is 16.5. The average molecular weight is 344 g/mol. The van der Waals surface area contributed by atoms with Crippen molar-refractivity contribution in [1.82, 2.24) is 4.90 Å². The van der Waals surface area contributed by atoms with Crippen molar-refractivity contribution >= 4 is 5.97 Å². The number of nitriles is 1. The fourth-order valence-electron chi connectivity index (χ4n) is 3.82. The van der Waals surface area contributed by atoms with Gasteiger partial charge in [0.25, 0.3) is 0 Å². The maximum Gasteiger partial charge on any atom is 0.311 e. The molecule has 0 radical (unpaired) electrons. The van der Waals surface area contributed by atoms with Crippen molar-refractivity contribution in [3.8, 4) is 17.7 Å². The van der Waals surface area contributed by atoms with E-state index in [4.69, 9.17) is 14.2 Å². The van der Waals surface area contributed by atoms with Gasteiger partial charge in [0.15, 0.2) is 17.7 Å². The number of likely N-dealkylation sites (tertiary alicyclic amines) is 1. The van der Waals surface area contributed by atoms with Gasteiger partial charge in [-0.2, -0.15) is 5.26 Å². The van der Waals surface area contributed by atoms with E-state index < -0.39 is 0 Å². The minimum Gasteiger partial charge on any atom is -0.493 e.